The van der Waals surface area contributed by atoms with E-state index in [1.54, 1.807) is 0 Å². The molecule has 0 saturated heterocycles. The molecule has 0 saturated carbocycles. The molecule has 94 valence electrons. The fourth-order valence-electron chi connectivity index (χ4n) is 1.16. The van der Waals surface area contributed by atoms with Crippen LogP contribution in [0.3, 0.4) is 0 Å². The minimum absolute atomic E-state index is 0.117. The number of rotatable bonds is 5. The Balaban J connectivity index is 2.92. The first-order valence-corrected chi connectivity index (χ1v) is 6.69. The summed E-state index contributed by atoms with van der Waals surface area (Å²) in [4.78, 5) is 9.97. The highest BCUT2D eigenvalue weighted by molar-refractivity contribution is 7.84. The molecule has 0 aliphatic rings. The summed E-state index contributed by atoms with van der Waals surface area (Å²) in [5, 5.41) is 13.2. The maximum absolute atomic E-state index is 13.1. The Kier molecular flexibility index (Phi) is 4.83. The number of nitro groups is 1. The van der Waals surface area contributed by atoms with Crippen LogP contribution in [0.4, 0.5) is 15.8 Å². The topological polar surface area (TPSA) is 72.2 Å². The summed E-state index contributed by atoms with van der Waals surface area (Å²) in [6.45, 7) is 0.284. The van der Waals surface area contributed by atoms with Gasteiger partial charge in [-0.15, -0.1) is 0 Å². The van der Waals surface area contributed by atoms with Gasteiger partial charge in [-0.1, -0.05) is 11.6 Å². The van der Waals surface area contributed by atoms with E-state index in [9.17, 15) is 18.7 Å². The molecule has 17 heavy (non-hydrogen) atoms. The molecule has 8 heteroatoms. The van der Waals surface area contributed by atoms with Gasteiger partial charge in [0.1, 0.15) is 11.5 Å². The van der Waals surface area contributed by atoms with Gasteiger partial charge in [0.25, 0.3) is 5.69 Å². The highest BCUT2D eigenvalue weighted by Crippen LogP contribution is 2.29. The number of nitrogens with one attached hydrogen (secondary N) is 1. The van der Waals surface area contributed by atoms with Crippen molar-refractivity contribution in [3.05, 3.63) is 33.1 Å². The molecule has 0 amide bonds. The molecule has 1 rings (SSSR count). The first kappa shape index (κ1) is 13.9. The molecule has 0 fully saturated rings. The minimum atomic E-state index is -1.01. The highest BCUT2D eigenvalue weighted by Gasteiger charge is 2.17. The summed E-state index contributed by atoms with van der Waals surface area (Å²) in [6.07, 6.45) is 1.52. The lowest BCUT2D eigenvalue weighted by atomic mass is 10.2. The van der Waals surface area contributed by atoms with Gasteiger partial charge in [-0.2, -0.15) is 0 Å². The Hall–Kier alpha value is -1.21. The molecule has 0 aromatic heterocycles. The second-order valence-electron chi connectivity index (χ2n) is 3.24. The normalized spacial score (nSPS) is 12.2. The van der Waals surface area contributed by atoms with Crippen molar-refractivity contribution in [3.63, 3.8) is 0 Å². The lowest BCUT2D eigenvalue weighted by Crippen LogP contribution is -2.11. The van der Waals surface area contributed by atoms with Gasteiger partial charge >= 0.3 is 0 Å². The second kappa shape index (κ2) is 5.92. The van der Waals surface area contributed by atoms with Crippen LogP contribution in [0.25, 0.3) is 0 Å². The SMILES string of the molecule is CS(=O)CCNc1cc(Cl)c(F)cc1[N+](=O)[O-]. The Labute approximate surface area is 105 Å². The molecule has 0 radical (unpaired) electrons. The second-order valence-corrected chi connectivity index (χ2v) is 5.21. The molecular weight excluding hydrogens is 271 g/mol. The summed E-state index contributed by atoms with van der Waals surface area (Å²) >= 11 is 5.53. The van der Waals surface area contributed by atoms with E-state index in [4.69, 9.17) is 11.6 Å². The van der Waals surface area contributed by atoms with Gasteiger partial charge in [0, 0.05) is 29.4 Å². The van der Waals surface area contributed by atoms with E-state index in [0.29, 0.717) is 5.75 Å². The van der Waals surface area contributed by atoms with E-state index in [1.165, 1.54) is 6.26 Å². The maximum Gasteiger partial charge on any atom is 0.295 e. The molecule has 0 aliphatic heterocycles. The Morgan fingerprint density at radius 1 is 1.59 bits per heavy atom. The summed E-state index contributed by atoms with van der Waals surface area (Å²) < 4.78 is 23.9. The van der Waals surface area contributed by atoms with Crippen LogP contribution in [-0.4, -0.2) is 27.7 Å². The molecule has 1 atom stereocenters. The van der Waals surface area contributed by atoms with Gasteiger partial charge in [0.05, 0.1) is 16.0 Å². The molecule has 1 unspecified atom stereocenters. The van der Waals surface area contributed by atoms with Crippen LogP contribution in [0.15, 0.2) is 12.1 Å². The van der Waals surface area contributed by atoms with Crippen molar-refractivity contribution in [1.29, 1.82) is 0 Å². The van der Waals surface area contributed by atoms with Gasteiger partial charge < -0.3 is 5.32 Å². The van der Waals surface area contributed by atoms with Crippen LogP contribution in [0.5, 0.6) is 0 Å². The van der Waals surface area contributed by atoms with Crippen LogP contribution in [-0.2, 0) is 10.8 Å². The zero-order valence-electron chi connectivity index (χ0n) is 8.91. The van der Waals surface area contributed by atoms with Crippen LogP contribution >= 0.6 is 11.6 Å². The summed E-state index contributed by atoms with van der Waals surface area (Å²) in [5.74, 6) is -0.505. The third-order valence-electron chi connectivity index (χ3n) is 1.94. The fourth-order valence-corrected chi connectivity index (χ4v) is 1.71. The van der Waals surface area contributed by atoms with Gasteiger partial charge in [0.15, 0.2) is 0 Å². The summed E-state index contributed by atoms with van der Waals surface area (Å²) in [7, 11) is -1.01. The predicted octanol–water partition coefficient (Wildman–Crippen LogP) is 2.18. The third-order valence-corrected chi connectivity index (χ3v) is 3.01. The van der Waals surface area contributed by atoms with E-state index >= 15 is 0 Å². The molecule has 0 bridgehead atoms. The average Bonchev–Trinajstić information content (AvgIpc) is 2.22. The van der Waals surface area contributed by atoms with E-state index in [-0.39, 0.29) is 17.3 Å². The molecular formula is C9H10ClFN2O3S. The van der Waals surface area contributed by atoms with Gasteiger partial charge in [-0.05, 0) is 6.07 Å². The van der Waals surface area contributed by atoms with Crippen molar-refractivity contribution in [2.24, 2.45) is 0 Å². The monoisotopic (exact) mass is 280 g/mol. The largest absolute Gasteiger partial charge is 0.379 e. The minimum Gasteiger partial charge on any atom is -0.379 e. The van der Waals surface area contributed by atoms with Crippen LogP contribution in [0.2, 0.25) is 5.02 Å². The van der Waals surface area contributed by atoms with E-state index in [2.05, 4.69) is 5.32 Å². The predicted molar refractivity (Wildman–Crippen MR) is 65.5 cm³/mol. The fraction of sp³-hybridized carbons (Fsp3) is 0.333. The Bertz CT molecular complexity index is 470. The molecule has 5 nitrogen and oxygen atoms in total. The molecule has 1 aromatic rings. The quantitative estimate of drug-likeness (QED) is 0.663. The number of nitro benzene ring substituents is 1. The number of halogens is 2. The third kappa shape index (κ3) is 3.94. The zero-order chi connectivity index (χ0) is 13.0. The van der Waals surface area contributed by atoms with Crippen molar-refractivity contribution in [1.82, 2.24) is 0 Å². The molecule has 1 N–H and O–H groups in total. The average molecular weight is 281 g/mol. The van der Waals surface area contributed by atoms with Crippen LogP contribution < -0.4 is 5.32 Å². The number of anilines is 1. The van der Waals surface area contributed by atoms with Crippen molar-refractivity contribution in [3.8, 4) is 0 Å². The van der Waals surface area contributed by atoms with Crippen LogP contribution in [0.1, 0.15) is 0 Å². The first-order valence-electron chi connectivity index (χ1n) is 4.59. The van der Waals surface area contributed by atoms with Gasteiger partial charge in [-0.25, -0.2) is 4.39 Å². The summed E-state index contributed by atoms with van der Waals surface area (Å²) in [6, 6.07) is 1.90. The van der Waals surface area contributed by atoms with E-state index in [0.717, 1.165) is 12.1 Å². The van der Waals surface area contributed by atoms with Crippen molar-refractivity contribution in [2.45, 2.75) is 0 Å². The number of benzene rings is 1. The van der Waals surface area contributed by atoms with Crippen molar-refractivity contribution >= 4 is 33.8 Å². The summed E-state index contributed by atoms with van der Waals surface area (Å²) in [5.41, 5.74) is -0.277. The smallest absolute Gasteiger partial charge is 0.295 e. The lowest BCUT2D eigenvalue weighted by Gasteiger charge is -2.07. The molecule has 1 aromatic carbocycles. The standard InChI is InChI=1S/C9H10ClFN2O3S/c1-17(16)3-2-12-8-4-6(10)7(11)5-9(8)13(14)15/h4-5,12H,2-3H2,1H3. The zero-order valence-corrected chi connectivity index (χ0v) is 10.5. The van der Waals surface area contributed by atoms with E-state index < -0.39 is 27.2 Å². The molecule has 0 aliphatic carbocycles. The van der Waals surface area contributed by atoms with Gasteiger partial charge in [0.2, 0.25) is 0 Å². The Morgan fingerprint density at radius 3 is 2.76 bits per heavy atom. The van der Waals surface area contributed by atoms with Crippen molar-refractivity contribution < 1.29 is 13.5 Å². The highest BCUT2D eigenvalue weighted by atomic mass is 35.5. The number of hydrogen-bond donors (Lipinski definition) is 1. The first-order chi connectivity index (χ1) is 7.91. The Morgan fingerprint density at radius 2 is 2.24 bits per heavy atom. The number of hydrogen-bond acceptors (Lipinski definition) is 4. The number of nitrogens with zero attached hydrogens (tertiary/aromatic N) is 1. The maximum atomic E-state index is 13.1. The van der Waals surface area contributed by atoms with Crippen molar-refractivity contribution in [2.75, 3.05) is 23.9 Å². The lowest BCUT2D eigenvalue weighted by molar-refractivity contribution is -0.384. The van der Waals surface area contributed by atoms with E-state index in [1.807, 2.05) is 0 Å². The van der Waals surface area contributed by atoms with Gasteiger partial charge in [-0.3, -0.25) is 14.3 Å². The molecule has 0 heterocycles. The molecule has 0 spiro atoms. The van der Waals surface area contributed by atoms with Crippen LogP contribution in [0, 0.1) is 15.9 Å².